The summed E-state index contributed by atoms with van der Waals surface area (Å²) in [5.74, 6) is -0.220. The summed E-state index contributed by atoms with van der Waals surface area (Å²) < 4.78 is 0. The van der Waals surface area contributed by atoms with Crippen molar-refractivity contribution in [2.24, 2.45) is 0 Å². The van der Waals surface area contributed by atoms with Crippen LogP contribution in [0.25, 0.3) is 0 Å². The number of halogens is 1. The molecule has 1 N–H and O–H groups in total. The maximum atomic E-state index is 12.5. The molecule has 0 aliphatic carbocycles. The second-order valence-corrected chi connectivity index (χ2v) is 5.03. The van der Waals surface area contributed by atoms with Gasteiger partial charge in [0.05, 0.1) is 24.3 Å². The molecule has 1 aromatic carbocycles. The maximum Gasteiger partial charge on any atom is 0.256 e. The van der Waals surface area contributed by atoms with Gasteiger partial charge >= 0.3 is 0 Å². The molecule has 5 heteroatoms. The SMILES string of the molecule is CCC(CO)N1C(=O)c2c(ccc(Cl)c2C)C1C#N. The van der Waals surface area contributed by atoms with Crippen LogP contribution >= 0.6 is 11.6 Å². The Kier molecular flexibility index (Phi) is 3.79. The first kappa shape index (κ1) is 13.9. The Bertz CT molecular complexity index is 561. The normalized spacial score (nSPS) is 19.2. The number of aliphatic hydroxyl groups excluding tert-OH is 1. The van der Waals surface area contributed by atoms with Crippen molar-refractivity contribution >= 4 is 17.5 Å². The van der Waals surface area contributed by atoms with Gasteiger partial charge < -0.3 is 10.0 Å². The minimum Gasteiger partial charge on any atom is -0.394 e. The molecule has 1 aromatic rings. The quantitative estimate of drug-likeness (QED) is 0.923. The third kappa shape index (κ3) is 1.99. The molecule has 0 bridgehead atoms. The Balaban J connectivity index is 2.58. The van der Waals surface area contributed by atoms with Gasteiger partial charge in [-0.15, -0.1) is 0 Å². The molecule has 1 heterocycles. The third-order valence-electron chi connectivity index (χ3n) is 3.65. The summed E-state index contributed by atoms with van der Waals surface area (Å²) >= 11 is 6.04. The Morgan fingerprint density at radius 3 is 2.79 bits per heavy atom. The van der Waals surface area contributed by atoms with Crippen LogP contribution in [0.4, 0.5) is 0 Å². The third-order valence-corrected chi connectivity index (χ3v) is 4.06. The zero-order valence-corrected chi connectivity index (χ0v) is 11.6. The fourth-order valence-corrected chi connectivity index (χ4v) is 2.69. The molecule has 19 heavy (non-hydrogen) atoms. The zero-order valence-electron chi connectivity index (χ0n) is 10.9. The van der Waals surface area contributed by atoms with E-state index in [1.807, 2.05) is 6.92 Å². The van der Waals surface area contributed by atoms with Crippen LogP contribution in [-0.2, 0) is 0 Å². The first-order valence-electron chi connectivity index (χ1n) is 6.18. The number of carbonyl (C=O) groups is 1. The van der Waals surface area contributed by atoms with E-state index in [0.29, 0.717) is 28.1 Å². The van der Waals surface area contributed by atoms with Gasteiger partial charge in [-0.1, -0.05) is 24.6 Å². The van der Waals surface area contributed by atoms with Crippen LogP contribution in [0.15, 0.2) is 12.1 Å². The van der Waals surface area contributed by atoms with E-state index in [1.165, 1.54) is 4.90 Å². The van der Waals surface area contributed by atoms with Crippen LogP contribution in [0, 0.1) is 18.3 Å². The lowest BCUT2D eigenvalue weighted by Gasteiger charge is -2.28. The summed E-state index contributed by atoms with van der Waals surface area (Å²) in [5.41, 5.74) is 1.88. The van der Waals surface area contributed by atoms with Crippen molar-refractivity contribution in [1.29, 1.82) is 5.26 Å². The Labute approximate surface area is 117 Å². The van der Waals surface area contributed by atoms with Gasteiger partial charge in [-0.05, 0) is 25.0 Å². The molecule has 100 valence electrons. The molecule has 2 rings (SSSR count). The average molecular weight is 279 g/mol. The van der Waals surface area contributed by atoms with Crippen molar-refractivity contribution in [3.05, 3.63) is 33.8 Å². The van der Waals surface area contributed by atoms with E-state index in [2.05, 4.69) is 6.07 Å². The highest BCUT2D eigenvalue weighted by atomic mass is 35.5. The van der Waals surface area contributed by atoms with Gasteiger partial charge in [0.25, 0.3) is 5.91 Å². The van der Waals surface area contributed by atoms with Crippen LogP contribution < -0.4 is 0 Å². The number of amides is 1. The summed E-state index contributed by atoms with van der Waals surface area (Å²) in [6.07, 6.45) is 0.598. The van der Waals surface area contributed by atoms with Crippen molar-refractivity contribution < 1.29 is 9.90 Å². The second-order valence-electron chi connectivity index (χ2n) is 4.63. The molecule has 0 saturated carbocycles. The summed E-state index contributed by atoms with van der Waals surface area (Å²) in [5, 5.41) is 19.3. The molecule has 1 aliphatic heterocycles. The number of benzene rings is 1. The van der Waals surface area contributed by atoms with Crippen molar-refractivity contribution in [2.45, 2.75) is 32.4 Å². The van der Waals surface area contributed by atoms with E-state index in [4.69, 9.17) is 11.6 Å². The molecule has 0 spiro atoms. The lowest BCUT2D eigenvalue weighted by atomic mass is 10.0. The predicted octanol–water partition coefficient (Wildman–Crippen LogP) is 2.44. The monoisotopic (exact) mass is 278 g/mol. The smallest absolute Gasteiger partial charge is 0.256 e. The highest BCUT2D eigenvalue weighted by molar-refractivity contribution is 6.32. The van der Waals surface area contributed by atoms with Crippen LogP contribution in [0.2, 0.25) is 5.02 Å². The van der Waals surface area contributed by atoms with E-state index in [-0.39, 0.29) is 18.6 Å². The van der Waals surface area contributed by atoms with E-state index in [9.17, 15) is 15.2 Å². The number of nitriles is 1. The van der Waals surface area contributed by atoms with Gasteiger partial charge in [-0.3, -0.25) is 4.79 Å². The van der Waals surface area contributed by atoms with Crippen LogP contribution in [0.3, 0.4) is 0 Å². The first-order chi connectivity index (χ1) is 9.06. The zero-order chi connectivity index (χ0) is 14.2. The number of fused-ring (bicyclic) bond motifs is 1. The van der Waals surface area contributed by atoms with Gasteiger partial charge in [-0.2, -0.15) is 5.26 Å². The Hall–Kier alpha value is -1.57. The van der Waals surface area contributed by atoms with Gasteiger partial charge in [0.1, 0.15) is 6.04 Å². The molecular weight excluding hydrogens is 264 g/mol. The Morgan fingerprint density at radius 1 is 1.58 bits per heavy atom. The average Bonchev–Trinajstić information content (AvgIpc) is 2.69. The molecule has 0 aromatic heterocycles. The van der Waals surface area contributed by atoms with Crippen molar-refractivity contribution in [1.82, 2.24) is 4.90 Å². The van der Waals surface area contributed by atoms with Gasteiger partial charge in [0, 0.05) is 10.6 Å². The van der Waals surface area contributed by atoms with E-state index < -0.39 is 6.04 Å². The summed E-state index contributed by atoms with van der Waals surface area (Å²) in [6, 6.07) is 4.59. The lowest BCUT2D eigenvalue weighted by molar-refractivity contribution is 0.0572. The fourth-order valence-electron chi connectivity index (χ4n) is 2.54. The molecule has 1 amide bonds. The molecule has 4 nitrogen and oxygen atoms in total. The molecule has 2 unspecified atom stereocenters. The van der Waals surface area contributed by atoms with Crippen molar-refractivity contribution in [3.63, 3.8) is 0 Å². The summed E-state index contributed by atoms with van der Waals surface area (Å²) in [4.78, 5) is 14.0. The number of carbonyl (C=O) groups excluding carboxylic acids is 1. The highest BCUT2D eigenvalue weighted by Crippen LogP contribution is 2.38. The lowest BCUT2D eigenvalue weighted by Crippen LogP contribution is -2.40. The molecule has 0 fully saturated rings. The predicted molar refractivity (Wildman–Crippen MR) is 71.9 cm³/mol. The standard InChI is InChI=1S/C14H15ClN2O2/c1-3-9(7-18)17-12(6-16)10-4-5-11(15)8(2)13(10)14(17)19/h4-5,9,12,18H,3,7H2,1-2H3. The largest absolute Gasteiger partial charge is 0.394 e. The summed E-state index contributed by atoms with van der Waals surface area (Å²) in [7, 11) is 0. The van der Waals surface area contributed by atoms with E-state index >= 15 is 0 Å². The highest BCUT2D eigenvalue weighted by Gasteiger charge is 2.41. The van der Waals surface area contributed by atoms with Gasteiger partial charge in [-0.25, -0.2) is 0 Å². The van der Waals surface area contributed by atoms with E-state index in [0.717, 1.165) is 0 Å². The number of nitrogens with zero attached hydrogens (tertiary/aromatic N) is 2. The first-order valence-corrected chi connectivity index (χ1v) is 6.56. The number of rotatable bonds is 3. The van der Waals surface area contributed by atoms with Crippen LogP contribution in [0.1, 0.15) is 40.9 Å². The molecule has 0 radical (unpaired) electrons. The Morgan fingerprint density at radius 2 is 2.26 bits per heavy atom. The van der Waals surface area contributed by atoms with Crippen LogP contribution in [-0.4, -0.2) is 28.6 Å². The summed E-state index contributed by atoms with van der Waals surface area (Å²) in [6.45, 7) is 3.50. The van der Waals surface area contributed by atoms with Gasteiger partial charge in [0.2, 0.25) is 0 Å². The molecule has 0 saturated heterocycles. The maximum absolute atomic E-state index is 12.5. The second kappa shape index (κ2) is 5.20. The number of hydrogen-bond acceptors (Lipinski definition) is 3. The minimum atomic E-state index is -0.643. The molecular formula is C14H15ClN2O2. The van der Waals surface area contributed by atoms with Crippen LogP contribution in [0.5, 0.6) is 0 Å². The van der Waals surface area contributed by atoms with E-state index in [1.54, 1.807) is 19.1 Å². The fraction of sp³-hybridized carbons (Fsp3) is 0.429. The van der Waals surface area contributed by atoms with Gasteiger partial charge in [0.15, 0.2) is 0 Å². The number of hydrogen-bond donors (Lipinski definition) is 1. The van der Waals surface area contributed by atoms with Crippen molar-refractivity contribution in [3.8, 4) is 6.07 Å². The molecule has 1 aliphatic rings. The van der Waals surface area contributed by atoms with Crippen molar-refractivity contribution in [2.75, 3.05) is 6.61 Å². The topological polar surface area (TPSA) is 64.3 Å². The number of aliphatic hydroxyl groups is 1. The molecule has 2 atom stereocenters. The minimum absolute atomic E-state index is 0.152.